The molecule has 0 radical (unpaired) electrons. The van der Waals surface area contributed by atoms with Crippen LogP contribution in [0, 0.1) is 11.8 Å². The summed E-state index contributed by atoms with van der Waals surface area (Å²) in [5, 5.41) is 6.87. The highest BCUT2D eigenvalue weighted by Crippen LogP contribution is 2.15. The van der Waals surface area contributed by atoms with Gasteiger partial charge in [0.1, 0.15) is 0 Å². The molecule has 1 heterocycles. The van der Waals surface area contributed by atoms with Crippen LogP contribution in [0.15, 0.2) is 35.3 Å². The van der Waals surface area contributed by atoms with Gasteiger partial charge in [0.15, 0.2) is 5.96 Å². The van der Waals surface area contributed by atoms with Crippen molar-refractivity contribution < 1.29 is 4.74 Å². The van der Waals surface area contributed by atoms with Gasteiger partial charge in [-0.3, -0.25) is 4.99 Å². The SMILES string of the molecule is CN=C(NCCCOCC(C)C)NCC1CCN(CCc2ccccc2)C1. The van der Waals surface area contributed by atoms with Crippen LogP contribution in [0.3, 0.4) is 0 Å². The normalized spacial score (nSPS) is 18.2. The molecule has 1 aromatic carbocycles. The van der Waals surface area contributed by atoms with Crippen LogP contribution in [-0.4, -0.2) is 63.8 Å². The topological polar surface area (TPSA) is 48.9 Å². The number of ether oxygens (including phenoxy) is 1. The molecule has 5 nitrogen and oxygen atoms in total. The molecule has 0 spiro atoms. The van der Waals surface area contributed by atoms with Gasteiger partial charge >= 0.3 is 0 Å². The molecule has 2 rings (SSSR count). The lowest BCUT2D eigenvalue weighted by Gasteiger charge is -2.17. The lowest BCUT2D eigenvalue weighted by molar-refractivity contribution is 0.108. The van der Waals surface area contributed by atoms with E-state index in [1.807, 2.05) is 7.05 Å². The average molecular weight is 375 g/mol. The predicted octanol–water partition coefficient (Wildman–Crippen LogP) is 2.78. The van der Waals surface area contributed by atoms with Crippen molar-refractivity contribution in [2.24, 2.45) is 16.8 Å². The molecule has 1 fully saturated rings. The van der Waals surface area contributed by atoms with Crippen molar-refractivity contribution in [3.8, 4) is 0 Å². The van der Waals surface area contributed by atoms with Crippen molar-refractivity contribution in [3.63, 3.8) is 0 Å². The van der Waals surface area contributed by atoms with Gasteiger partial charge in [-0.05, 0) is 43.2 Å². The van der Waals surface area contributed by atoms with Crippen LogP contribution in [-0.2, 0) is 11.2 Å². The molecule has 0 amide bonds. The maximum atomic E-state index is 5.61. The quantitative estimate of drug-likeness (QED) is 0.355. The lowest BCUT2D eigenvalue weighted by atomic mass is 10.1. The summed E-state index contributed by atoms with van der Waals surface area (Å²) in [6.07, 6.45) is 3.41. The van der Waals surface area contributed by atoms with Gasteiger partial charge in [-0.15, -0.1) is 0 Å². The summed E-state index contributed by atoms with van der Waals surface area (Å²) in [6, 6.07) is 10.8. The van der Waals surface area contributed by atoms with Crippen molar-refractivity contribution in [2.75, 3.05) is 53.0 Å². The molecule has 1 aliphatic rings. The van der Waals surface area contributed by atoms with Gasteiger partial charge in [0, 0.05) is 46.4 Å². The first-order valence-corrected chi connectivity index (χ1v) is 10.5. The van der Waals surface area contributed by atoms with E-state index in [1.165, 1.54) is 25.1 Å². The fraction of sp³-hybridized carbons (Fsp3) is 0.682. The van der Waals surface area contributed by atoms with Crippen LogP contribution in [0.25, 0.3) is 0 Å². The molecule has 0 aromatic heterocycles. The fourth-order valence-electron chi connectivity index (χ4n) is 3.38. The van der Waals surface area contributed by atoms with E-state index in [0.29, 0.717) is 11.8 Å². The first-order chi connectivity index (χ1) is 13.2. The van der Waals surface area contributed by atoms with Crippen molar-refractivity contribution in [3.05, 3.63) is 35.9 Å². The van der Waals surface area contributed by atoms with Gasteiger partial charge in [-0.2, -0.15) is 0 Å². The highest BCUT2D eigenvalue weighted by Gasteiger charge is 2.22. The van der Waals surface area contributed by atoms with E-state index in [1.54, 1.807) is 0 Å². The summed E-state index contributed by atoms with van der Waals surface area (Å²) in [4.78, 5) is 6.91. The third kappa shape index (κ3) is 9.25. The molecule has 2 N–H and O–H groups in total. The van der Waals surface area contributed by atoms with Crippen LogP contribution in [0.1, 0.15) is 32.3 Å². The third-order valence-corrected chi connectivity index (χ3v) is 4.92. The number of nitrogens with one attached hydrogen (secondary N) is 2. The molecule has 0 saturated carbocycles. The monoisotopic (exact) mass is 374 g/mol. The minimum absolute atomic E-state index is 0.603. The fourth-order valence-corrected chi connectivity index (χ4v) is 3.38. The molecule has 27 heavy (non-hydrogen) atoms. The van der Waals surface area contributed by atoms with E-state index in [4.69, 9.17) is 4.74 Å². The van der Waals surface area contributed by atoms with Gasteiger partial charge in [0.25, 0.3) is 0 Å². The van der Waals surface area contributed by atoms with Gasteiger partial charge in [0.2, 0.25) is 0 Å². The Hall–Kier alpha value is -1.59. The third-order valence-electron chi connectivity index (χ3n) is 4.92. The molecule has 0 bridgehead atoms. The second-order valence-electron chi connectivity index (χ2n) is 7.89. The molecule has 1 atom stereocenters. The van der Waals surface area contributed by atoms with Crippen LogP contribution >= 0.6 is 0 Å². The minimum atomic E-state index is 0.603. The molecule has 152 valence electrons. The van der Waals surface area contributed by atoms with E-state index >= 15 is 0 Å². The number of aliphatic imine (C=N–C) groups is 1. The molecule has 1 saturated heterocycles. The Bertz CT molecular complexity index is 532. The summed E-state index contributed by atoms with van der Waals surface area (Å²) < 4.78 is 5.61. The smallest absolute Gasteiger partial charge is 0.190 e. The number of rotatable bonds is 11. The van der Waals surface area contributed by atoms with Crippen LogP contribution in [0.4, 0.5) is 0 Å². The number of nitrogens with zero attached hydrogens (tertiary/aromatic N) is 2. The van der Waals surface area contributed by atoms with E-state index < -0.39 is 0 Å². The van der Waals surface area contributed by atoms with Gasteiger partial charge < -0.3 is 20.3 Å². The Balaban J connectivity index is 1.54. The Kier molecular flexibility index (Phi) is 10.2. The molecule has 1 aliphatic heterocycles. The molecule has 1 aromatic rings. The summed E-state index contributed by atoms with van der Waals surface area (Å²) in [6.45, 7) is 11.4. The summed E-state index contributed by atoms with van der Waals surface area (Å²) >= 11 is 0. The molecular formula is C22H38N4O. The van der Waals surface area contributed by atoms with Crippen LogP contribution < -0.4 is 10.6 Å². The number of likely N-dealkylation sites (tertiary alicyclic amines) is 1. The Morgan fingerprint density at radius 3 is 2.81 bits per heavy atom. The Labute approximate surface area is 165 Å². The minimum Gasteiger partial charge on any atom is -0.381 e. The van der Waals surface area contributed by atoms with E-state index in [-0.39, 0.29) is 0 Å². The van der Waals surface area contributed by atoms with Gasteiger partial charge in [0.05, 0.1) is 0 Å². The number of benzene rings is 1. The predicted molar refractivity (Wildman–Crippen MR) is 114 cm³/mol. The first-order valence-electron chi connectivity index (χ1n) is 10.5. The number of hydrogen-bond donors (Lipinski definition) is 2. The number of guanidine groups is 1. The zero-order valence-corrected chi connectivity index (χ0v) is 17.4. The maximum absolute atomic E-state index is 5.61. The summed E-state index contributed by atoms with van der Waals surface area (Å²) in [5.74, 6) is 2.21. The lowest BCUT2D eigenvalue weighted by Crippen LogP contribution is -2.40. The highest BCUT2D eigenvalue weighted by atomic mass is 16.5. The van der Waals surface area contributed by atoms with Crippen molar-refractivity contribution in [1.82, 2.24) is 15.5 Å². The van der Waals surface area contributed by atoms with Crippen molar-refractivity contribution in [2.45, 2.75) is 33.1 Å². The van der Waals surface area contributed by atoms with Crippen molar-refractivity contribution >= 4 is 5.96 Å². The van der Waals surface area contributed by atoms with E-state index in [2.05, 4.69) is 64.7 Å². The largest absolute Gasteiger partial charge is 0.381 e. The molecule has 0 aliphatic carbocycles. The Morgan fingerprint density at radius 1 is 1.26 bits per heavy atom. The van der Waals surface area contributed by atoms with E-state index in [0.717, 1.165) is 51.6 Å². The summed E-state index contributed by atoms with van der Waals surface area (Å²) in [5.41, 5.74) is 1.43. The zero-order chi connectivity index (χ0) is 19.3. The Morgan fingerprint density at radius 2 is 2.07 bits per heavy atom. The second kappa shape index (κ2) is 12.7. The van der Waals surface area contributed by atoms with E-state index in [9.17, 15) is 0 Å². The average Bonchev–Trinajstić information content (AvgIpc) is 3.13. The molecular weight excluding hydrogens is 336 g/mol. The maximum Gasteiger partial charge on any atom is 0.190 e. The van der Waals surface area contributed by atoms with Gasteiger partial charge in [-0.25, -0.2) is 0 Å². The van der Waals surface area contributed by atoms with Crippen molar-refractivity contribution in [1.29, 1.82) is 0 Å². The highest BCUT2D eigenvalue weighted by molar-refractivity contribution is 5.79. The molecule has 1 unspecified atom stereocenters. The van der Waals surface area contributed by atoms with Gasteiger partial charge in [-0.1, -0.05) is 44.2 Å². The zero-order valence-electron chi connectivity index (χ0n) is 17.4. The molecule has 5 heteroatoms. The second-order valence-corrected chi connectivity index (χ2v) is 7.89. The number of hydrogen-bond acceptors (Lipinski definition) is 3. The van der Waals surface area contributed by atoms with Crippen LogP contribution in [0.5, 0.6) is 0 Å². The van der Waals surface area contributed by atoms with Crippen LogP contribution in [0.2, 0.25) is 0 Å². The summed E-state index contributed by atoms with van der Waals surface area (Å²) in [7, 11) is 1.84. The standard InChI is InChI=1S/C22H38N4O/c1-19(2)18-27-15-7-12-24-22(23-3)25-16-21-11-14-26(17-21)13-10-20-8-5-4-6-9-20/h4-6,8-9,19,21H,7,10-18H2,1-3H3,(H2,23,24,25). The first kappa shape index (κ1) is 21.7.